The first-order valence-corrected chi connectivity index (χ1v) is 10.2. The van der Waals surface area contributed by atoms with E-state index in [1.165, 1.54) is 18.4 Å². The van der Waals surface area contributed by atoms with Crippen LogP contribution in [0.2, 0.25) is 0 Å². The largest absolute Gasteiger partial charge is 0.465 e. The van der Waals surface area contributed by atoms with Crippen molar-refractivity contribution in [1.82, 2.24) is 9.36 Å². The van der Waals surface area contributed by atoms with Crippen LogP contribution in [0.15, 0.2) is 41.2 Å². The number of aryl methyl sites for hydroxylation is 1. The quantitative estimate of drug-likeness (QED) is 0.475. The van der Waals surface area contributed by atoms with Crippen LogP contribution in [-0.2, 0) is 18.2 Å². The van der Waals surface area contributed by atoms with Gasteiger partial charge in [0.15, 0.2) is 5.11 Å². The second-order valence-electron chi connectivity index (χ2n) is 6.32. The minimum Gasteiger partial charge on any atom is -0.465 e. The molecule has 0 radical (unpaired) electrons. The Hall–Kier alpha value is -2.91. The van der Waals surface area contributed by atoms with E-state index < -0.39 is 5.97 Å². The van der Waals surface area contributed by atoms with Gasteiger partial charge in [0.05, 0.1) is 24.1 Å². The number of nitrogens with one attached hydrogen (secondary N) is 2. The molecule has 0 amide bonds. The zero-order valence-corrected chi connectivity index (χ0v) is 18.2. The molecule has 2 aromatic heterocycles. The van der Waals surface area contributed by atoms with Gasteiger partial charge in [-0.2, -0.15) is 0 Å². The zero-order chi connectivity index (χ0) is 21.1. The van der Waals surface area contributed by atoms with Gasteiger partial charge in [-0.1, -0.05) is 25.1 Å². The van der Waals surface area contributed by atoms with Crippen molar-refractivity contribution in [1.29, 1.82) is 0 Å². The van der Waals surface area contributed by atoms with Crippen LogP contribution >= 0.6 is 23.6 Å². The first kappa shape index (κ1) is 20.8. The first-order valence-electron chi connectivity index (χ1n) is 9.00. The molecule has 1 aromatic carbocycles. The number of anilines is 2. The van der Waals surface area contributed by atoms with Crippen molar-refractivity contribution >= 4 is 45.3 Å². The van der Waals surface area contributed by atoms with Gasteiger partial charge in [-0.15, -0.1) is 11.3 Å². The third-order valence-electron chi connectivity index (χ3n) is 4.56. The molecule has 0 aliphatic carbocycles. The van der Waals surface area contributed by atoms with Crippen molar-refractivity contribution in [2.24, 2.45) is 7.05 Å². The van der Waals surface area contributed by atoms with Crippen LogP contribution in [-0.4, -0.2) is 27.6 Å². The molecule has 29 heavy (non-hydrogen) atoms. The highest BCUT2D eigenvalue weighted by Crippen LogP contribution is 2.29. The van der Waals surface area contributed by atoms with Gasteiger partial charge in [0.2, 0.25) is 0 Å². The molecule has 0 fully saturated rings. The van der Waals surface area contributed by atoms with Crippen LogP contribution in [0.3, 0.4) is 0 Å². The summed E-state index contributed by atoms with van der Waals surface area (Å²) in [6.45, 7) is 3.85. The summed E-state index contributed by atoms with van der Waals surface area (Å²) in [5.41, 5.74) is 2.07. The van der Waals surface area contributed by atoms with Gasteiger partial charge < -0.3 is 15.4 Å². The summed E-state index contributed by atoms with van der Waals surface area (Å²) >= 11 is 6.84. The maximum absolute atomic E-state index is 13.0. The molecule has 152 valence electrons. The lowest BCUT2D eigenvalue weighted by Gasteiger charge is -2.09. The monoisotopic (exact) mass is 430 g/mol. The van der Waals surface area contributed by atoms with E-state index in [-0.39, 0.29) is 10.7 Å². The second kappa shape index (κ2) is 8.62. The summed E-state index contributed by atoms with van der Waals surface area (Å²) < 4.78 is 8.18. The number of methoxy groups -OCH3 is 1. The van der Waals surface area contributed by atoms with E-state index in [4.69, 9.17) is 17.0 Å². The molecule has 2 heterocycles. The Morgan fingerprint density at radius 2 is 1.93 bits per heavy atom. The molecule has 0 aliphatic rings. The molecule has 3 rings (SSSR count). The lowest BCUT2D eigenvalue weighted by molar-refractivity contribution is 0.0602. The Morgan fingerprint density at radius 3 is 2.55 bits per heavy atom. The third-order valence-corrected chi connectivity index (χ3v) is 5.96. The standard InChI is InChI=1S/C20H22N4O3S2/c1-5-14-11-15(19(26)27-4)17(29-14)22-20(28)21-16-12(2)23(3)24(18(16)25)13-9-7-6-8-10-13/h6-11H,5H2,1-4H3,(H2,21,22,28). The Balaban J connectivity index is 1.89. The van der Waals surface area contributed by atoms with Gasteiger partial charge >= 0.3 is 5.97 Å². The number of benzene rings is 1. The number of aromatic nitrogens is 2. The zero-order valence-electron chi connectivity index (χ0n) is 16.6. The van der Waals surface area contributed by atoms with Crippen molar-refractivity contribution in [3.05, 3.63) is 62.9 Å². The fraction of sp³-hybridized carbons (Fsp3) is 0.250. The highest BCUT2D eigenvalue weighted by Gasteiger charge is 2.20. The molecule has 9 heteroatoms. The van der Waals surface area contributed by atoms with Gasteiger partial charge in [-0.05, 0) is 43.8 Å². The van der Waals surface area contributed by atoms with Gasteiger partial charge in [0.1, 0.15) is 10.7 Å². The predicted molar refractivity (Wildman–Crippen MR) is 121 cm³/mol. The summed E-state index contributed by atoms with van der Waals surface area (Å²) in [5, 5.41) is 6.84. The fourth-order valence-electron chi connectivity index (χ4n) is 2.93. The molecule has 0 atom stereocenters. The van der Waals surface area contributed by atoms with E-state index >= 15 is 0 Å². The summed E-state index contributed by atoms with van der Waals surface area (Å²) in [6.07, 6.45) is 0.788. The molecule has 2 N–H and O–H groups in total. The average Bonchev–Trinajstić information content (AvgIpc) is 3.22. The van der Waals surface area contributed by atoms with E-state index in [0.717, 1.165) is 22.7 Å². The number of hydrogen-bond donors (Lipinski definition) is 2. The number of thiophene rings is 1. The SMILES string of the molecule is CCc1cc(C(=O)OC)c(NC(=S)Nc2c(C)n(C)n(-c3ccccc3)c2=O)s1. The Kier molecular flexibility index (Phi) is 6.19. The van der Waals surface area contributed by atoms with E-state index in [1.807, 2.05) is 51.2 Å². The summed E-state index contributed by atoms with van der Waals surface area (Å²) in [5.74, 6) is -0.437. The molecule has 0 saturated heterocycles. The third kappa shape index (κ3) is 4.10. The number of ether oxygens (including phenoxy) is 1. The molecule has 3 aromatic rings. The number of thiocarbonyl (C=S) groups is 1. The van der Waals surface area contributed by atoms with Crippen molar-refractivity contribution in [3.8, 4) is 5.69 Å². The average molecular weight is 431 g/mol. The molecule has 0 saturated carbocycles. The molecule has 0 aliphatic heterocycles. The van der Waals surface area contributed by atoms with Gasteiger partial charge in [-0.25, -0.2) is 9.48 Å². The maximum Gasteiger partial charge on any atom is 0.340 e. The minimum absolute atomic E-state index is 0.214. The van der Waals surface area contributed by atoms with E-state index in [2.05, 4.69) is 10.6 Å². The number of nitrogens with zero attached hydrogens (tertiary/aromatic N) is 2. The number of carbonyl (C=O) groups excluding carboxylic acids is 1. The smallest absolute Gasteiger partial charge is 0.340 e. The second-order valence-corrected chi connectivity index (χ2v) is 7.86. The van der Waals surface area contributed by atoms with Crippen LogP contribution < -0.4 is 16.2 Å². The van der Waals surface area contributed by atoms with Crippen LogP contribution in [0, 0.1) is 6.92 Å². The molecular formula is C20H22N4O3S2. The molecule has 0 unspecified atom stereocenters. The van der Waals surface area contributed by atoms with E-state index in [9.17, 15) is 9.59 Å². The van der Waals surface area contributed by atoms with Gasteiger partial charge in [0, 0.05) is 11.9 Å². The Morgan fingerprint density at radius 1 is 1.24 bits per heavy atom. The van der Waals surface area contributed by atoms with Gasteiger partial charge in [0.25, 0.3) is 5.56 Å². The van der Waals surface area contributed by atoms with Crippen LogP contribution in [0.1, 0.15) is 27.9 Å². The van der Waals surface area contributed by atoms with Crippen molar-refractivity contribution in [3.63, 3.8) is 0 Å². The van der Waals surface area contributed by atoms with Crippen LogP contribution in [0.5, 0.6) is 0 Å². The highest BCUT2D eigenvalue weighted by atomic mass is 32.1. The summed E-state index contributed by atoms with van der Waals surface area (Å²) in [7, 11) is 3.15. The number of esters is 1. The minimum atomic E-state index is -0.437. The van der Waals surface area contributed by atoms with Crippen molar-refractivity contribution in [2.75, 3.05) is 17.7 Å². The molecule has 0 spiro atoms. The van der Waals surface area contributed by atoms with Crippen LogP contribution in [0.4, 0.5) is 10.7 Å². The number of para-hydroxylation sites is 1. The van der Waals surface area contributed by atoms with E-state index in [0.29, 0.717) is 16.3 Å². The first-order chi connectivity index (χ1) is 13.9. The highest BCUT2D eigenvalue weighted by molar-refractivity contribution is 7.80. The number of hydrogen-bond acceptors (Lipinski definition) is 5. The predicted octanol–water partition coefficient (Wildman–Crippen LogP) is 3.70. The molecular weight excluding hydrogens is 408 g/mol. The lowest BCUT2D eigenvalue weighted by atomic mass is 10.2. The molecule has 7 nitrogen and oxygen atoms in total. The normalized spacial score (nSPS) is 10.6. The van der Waals surface area contributed by atoms with E-state index in [1.54, 1.807) is 15.4 Å². The van der Waals surface area contributed by atoms with Gasteiger partial charge in [-0.3, -0.25) is 9.48 Å². The maximum atomic E-state index is 13.0. The summed E-state index contributed by atoms with van der Waals surface area (Å²) in [6, 6.07) is 11.2. The Labute approximate surface area is 177 Å². The van der Waals surface area contributed by atoms with Crippen molar-refractivity contribution in [2.45, 2.75) is 20.3 Å². The Bertz CT molecular complexity index is 1110. The fourth-order valence-corrected chi connectivity index (χ4v) is 4.19. The lowest BCUT2D eigenvalue weighted by Crippen LogP contribution is -2.25. The summed E-state index contributed by atoms with van der Waals surface area (Å²) in [4.78, 5) is 26.1. The number of carbonyl (C=O) groups is 1. The molecule has 0 bridgehead atoms. The van der Waals surface area contributed by atoms with Crippen molar-refractivity contribution < 1.29 is 9.53 Å². The number of rotatable bonds is 5. The topological polar surface area (TPSA) is 77.3 Å². The van der Waals surface area contributed by atoms with Crippen LogP contribution in [0.25, 0.3) is 5.69 Å².